The molecule has 1 aromatic rings. The van der Waals surface area contributed by atoms with E-state index in [0.717, 1.165) is 0 Å². The number of carbonyl (C=O) groups is 1. The molecule has 1 rings (SSSR count). The first kappa shape index (κ1) is 13.1. The summed E-state index contributed by atoms with van der Waals surface area (Å²) < 4.78 is 4.81. The molecule has 0 saturated carbocycles. The molecule has 0 saturated heterocycles. The number of hydrogen-bond donors (Lipinski definition) is 1. The summed E-state index contributed by atoms with van der Waals surface area (Å²) in [6.45, 7) is 2.17. The van der Waals surface area contributed by atoms with Crippen molar-refractivity contribution >= 4 is 35.3 Å². The molecule has 0 bridgehead atoms. The number of hydrogen-bond acceptors (Lipinski definition) is 7. The number of anilines is 1. The van der Waals surface area contributed by atoms with Gasteiger partial charge in [0.05, 0.1) is 12.4 Å². The third-order valence-corrected chi connectivity index (χ3v) is 2.96. The molecule has 0 aliphatic rings. The highest BCUT2D eigenvalue weighted by atomic mass is 32.2. The number of esters is 1. The summed E-state index contributed by atoms with van der Waals surface area (Å²) in [5.74, 6) is 0.388. The average molecular weight is 259 g/mol. The largest absolute Gasteiger partial charge is 0.465 e. The molecule has 5 nitrogen and oxygen atoms in total. The van der Waals surface area contributed by atoms with Gasteiger partial charge in [-0.3, -0.25) is 4.79 Å². The molecule has 1 aromatic heterocycles. The van der Waals surface area contributed by atoms with Crippen LogP contribution in [0.3, 0.4) is 0 Å². The molecule has 0 radical (unpaired) electrons. The maximum Gasteiger partial charge on any atom is 0.316 e. The second-order valence-corrected chi connectivity index (χ2v) is 4.48. The van der Waals surface area contributed by atoms with Crippen molar-refractivity contribution < 1.29 is 9.53 Å². The minimum atomic E-state index is -0.254. The monoisotopic (exact) mass is 259 g/mol. The Labute approximate surface area is 103 Å². The lowest BCUT2D eigenvalue weighted by Gasteiger charge is -2.03. The van der Waals surface area contributed by atoms with Crippen molar-refractivity contribution in [2.24, 2.45) is 0 Å². The second kappa shape index (κ2) is 6.59. The van der Waals surface area contributed by atoms with Crippen LogP contribution in [0.4, 0.5) is 5.82 Å². The quantitative estimate of drug-likeness (QED) is 0.371. The van der Waals surface area contributed by atoms with Gasteiger partial charge in [-0.1, -0.05) is 23.5 Å². The number of thioether (sulfide) groups is 2. The Morgan fingerprint density at radius 1 is 1.56 bits per heavy atom. The van der Waals surface area contributed by atoms with Gasteiger partial charge in [0.2, 0.25) is 0 Å². The molecule has 0 aromatic carbocycles. The number of aromatic nitrogens is 2. The summed E-state index contributed by atoms with van der Waals surface area (Å²) >= 11 is 2.70. The van der Waals surface area contributed by atoms with Crippen LogP contribution in [0.1, 0.15) is 6.92 Å². The van der Waals surface area contributed by atoms with E-state index in [0.29, 0.717) is 22.6 Å². The lowest BCUT2D eigenvalue weighted by molar-refractivity contribution is -0.139. The molecule has 2 N–H and O–H groups in total. The van der Waals surface area contributed by atoms with Crippen LogP contribution >= 0.6 is 23.5 Å². The molecule has 7 heteroatoms. The first-order valence-corrected chi connectivity index (χ1v) is 6.83. The van der Waals surface area contributed by atoms with Crippen LogP contribution in [0.5, 0.6) is 0 Å². The molecule has 1 heterocycles. The zero-order valence-corrected chi connectivity index (χ0v) is 10.7. The van der Waals surface area contributed by atoms with Gasteiger partial charge < -0.3 is 10.5 Å². The minimum Gasteiger partial charge on any atom is -0.465 e. The molecule has 0 aliphatic heterocycles. The highest BCUT2D eigenvalue weighted by Gasteiger charge is 2.06. The maximum absolute atomic E-state index is 11.1. The molecule has 0 spiro atoms. The second-order valence-electron chi connectivity index (χ2n) is 2.71. The summed E-state index contributed by atoms with van der Waals surface area (Å²) in [6.07, 6.45) is 1.87. The fraction of sp³-hybridized carbons (Fsp3) is 0.444. The topological polar surface area (TPSA) is 78.1 Å². The zero-order chi connectivity index (χ0) is 12.0. The Morgan fingerprint density at radius 2 is 2.31 bits per heavy atom. The van der Waals surface area contributed by atoms with Crippen molar-refractivity contribution in [2.75, 3.05) is 24.3 Å². The molecular formula is C9H13N3O2S2. The number of carbonyl (C=O) groups excluding carboxylic acids is 1. The fourth-order valence-electron chi connectivity index (χ4n) is 0.922. The predicted molar refractivity (Wildman–Crippen MR) is 65.6 cm³/mol. The summed E-state index contributed by atoms with van der Waals surface area (Å²) in [5.41, 5.74) is 5.61. The highest BCUT2D eigenvalue weighted by Crippen LogP contribution is 2.20. The Morgan fingerprint density at radius 3 is 2.94 bits per heavy atom. The number of nitrogens with zero attached hydrogens (tertiary/aromatic N) is 2. The van der Waals surface area contributed by atoms with E-state index in [9.17, 15) is 4.79 Å². The highest BCUT2D eigenvalue weighted by molar-refractivity contribution is 8.00. The van der Waals surface area contributed by atoms with Crippen LogP contribution in [-0.2, 0) is 9.53 Å². The van der Waals surface area contributed by atoms with Gasteiger partial charge in [-0.2, -0.15) is 0 Å². The van der Waals surface area contributed by atoms with Crippen LogP contribution in [-0.4, -0.2) is 34.6 Å². The summed E-state index contributed by atoms with van der Waals surface area (Å²) in [6, 6.07) is 1.64. The van der Waals surface area contributed by atoms with Crippen LogP contribution in [0.2, 0.25) is 0 Å². The smallest absolute Gasteiger partial charge is 0.316 e. The molecule has 0 unspecified atom stereocenters. The lowest BCUT2D eigenvalue weighted by Crippen LogP contribution is -2.07. The first-order chi connectivity index (χ1) is 7.65. The molecule has 0 amide bonds. The standard InChI is InChI=1S/C9H13N3O2S2/c1-3-14-8(13)5-16-7-4-6(10)11-9(12-7)15-2/h4H,3,5H2,1-2H3,(H2,10,11,12). The van der Waals surface area contributed by atoms with Gasteiger partial charge in [-0.05, 0) is 13.2 Å². The summed E-state index contributed by atoms with van der Waals surface area (Å²) in [7, 11) is 0. The minimum absolute atomic E-state index is 0.234. The van der Waals surface area contributed by atoms with Gasteiger partial charge in [0.25, 0.3) is 0 Å². The fourth-order valence-corrected chi connectivity index (χ4v) is 2.07. The van der Waals surface area contributed by atoms with E-state index in [2.05, 4.69) is 9.97 Å². The van der Waals surface area contributed by atoms with Crippen LogP contribution in [0, 0.1) is 0 Å². The number of nitrogen functional groups attached to an aromatic ring is 1. The van der Waals surface area contributed by atoms with E-state index in [1.807, 2.05) is 6.26 Å². The van der Waals surface area contributed by atoms with Gasteiger partial charge in [0.1, 0.15) is 10.8 Å². The van der Waals surface area contributed by atoms with E-state index in [4.69, 9.17) is 10.5 Å². The molecule has 88 valence electrons. The summed E-state index contributed by atoms with van der Waals surface area (Å²) in [5, 5.41) is 1.29. The third-order valence-electron chi connectivity index (χ3n) is 1.53. The normalized spacial score (nSPS) is 10.1. The van der Waals surface area contributed by atoms with Crippen molar-refractivity contribution in [3.05, 3.63) is 6.07 Å². The third kappa shape index (κ3) is 4.28. The van der Waals surface area contributed by atoms with Gasteiger partial charge in [0.15, 0.2) is 5.16 Å². The van der Waals surface area contributed by atoms with E-state index >= 15 is 0 Å². The Balaban J connectivity index is 2.59. The van der Waals surface area contributed by atoms with Crippen molar-refractivity contribution in [1.82, 2.24) is 9.97 Å². The van der Waals surface area contributed by atoms with E-state index < -0.39 is 0 Å². The number of ether oxygens (including phenoxy) is 1. The Kier molecular flexibility index (Phi) is 5.41. The summed E-state index contributed by atoms with van der Waals surface area (Å²) in [4.78, 5) is 19.4. The van der Waals surface area contributed by atoms with Gasteiger partial charge in [-0.25, -0.2) is 9.97 Å². The average Bonchev–Trinajstić information content (AvgIpc) is 2.26. The van der Waals surface area contributed by atoms with Crippen LogP contribution < -0.4 is 5.73 Å². The maximum atomic E-state index is 11.1. The van der Waals surface area contributed by atoms with Crippen LogP contribution in [0.25, 0.3) is 0 Å². The Hall–Kier alpha value is -0.950. The lowest BCUT2D eigenvalue weighted by atomic mass is 10.6. The van der Waals surface area contributed by atoms with Crippen molar-refractivity contribution in [1.29, 1.82) is 0 Å². The SMILES string of the molecule is CCOC(=O)CSc1cc(N)nc(SC)n1. The van der Waals surface area contributed by atoms with Gasteiger partial charge >= 0.3 is 5.97 Å². The van der Waals surface area contributed by atoms with Gasteiger partial charge in [-0.15, -0.1) is 0 Å². The Bertz CT molecular complexity index is 374. The molecule has 16 heavy (non-hydrogen) atoms. The van der Waals surface area contributed by atoms with Crippen molar-refractivity contribution in [3.8, 4) is 0 Å². The van der Waals surface area contributed by atoms with E-state index in [-0.39, 0.29) is 11.7 Å². The van der Waals surface area contributed by atoms with E-state index in [1.54, 1.807) is 13.0 Å². The molecular weight excluding hydrogens is 246 g/mol. The molecule has 0 fully saturated rings. The number of rotatable bonds is 5. The molecule has 0 atom stereocenters. The van der Waals surface area contributed by atoms with Crippen molar-refractivity contribution in [2.45, 2.75) is 17.1 Å². The van der Waals surface area contributed by atoms with Crippen molar-refractivity contribution in [3.63, 3.8) is 0 Å². The molecule has 0 aliphatic carbocycles. The zero-order valence-electron chi connectivity index (χ0n) is 9.10. The number of nitrogens with two attached hydrogens (primary N) is 1. The predicted octanol–water partition coefficient (Wildman–Crippen LogP) is 1.44. The first-order valence-electron chi connectivity index (χ1n) is 4.62. The van der Waals surface area contributed by atoms with Crippen LogP contribution in [0.15, 0.2) is 16.2 Å². The van der Waals surface area contributed by atoms with Gasteiger partial charge in [0, 0.05) is 6.07 Å². The van der Waals surface area contributed by atoms with E-state index in [1.165, 1.54) is 23.5 Å².